The minimum absolute atomic E-state index is 0.0492. The summed E-state index contributed by atoms with van der Waals surface area (Å²) in [4.78, 5) is 2.61. The van der Waals surface area contributed by atoms with Gasteiger partial charge in [-0.05, 0) is 36.5 Å². The number of benzene rings is 3. The summed E-state index contributed by atoms with van der Waals surface area (Å²) in [5.41, 5.74) is 3.47. The van der Waals surface area contributed by atoms with Crippen LogP contribution in [0.5, 0.6) is 0 Å². The minimum Gasteiger partial charge on any atom is -0.379 e. The van der Waals surface area contributed by atoms with E-state index in [-0.39, 0.29) is 12.1 Å². The van der Waals surface area contributed by atoms with Crippen molar-refractivity contribution in [1.29, 1.82) is 0 Å². The molecule has 1 saturated heterocycles. The van der Waals surface area contributed by atoms with E-state index in [4.69, 9.17) is 0 Å². The van der Waals surface area contributed by atoms with Crippen molar-refractivity contribution in [3.63, 3.8) is 0 Å². The molecule has 2 heteroatoms. The molecular weight excluding hydrogens is 366 g/mol. The Morgan fingerprint density at radius 2 is 1.30 bits per heavy atom. The molecule has 0 radical (unpaired) electrons. The molecule has 4 atom stereocenters. The molecule has 0 spiro atoms. The third-order valence-corrected chi connectivity index (χ3v) is 7.12. The van der Waals surface area contributed by atoms with Gasteiger partial charge in [-0.3, -0.25) is 4.90 Å². The Bertz CT molecular complexity index is 963. The highest BCUT2D eigenvalue weighted by Crippen LogP contribution is 2.57. The van der Waals surface area contributed by atoms with E-state index in [1.807, 2.05) is 18.2 Å². The first kappa shape index (κ1) is 19.5. The molecule has 1 aliphatic carbocycles. The van der Waals surface area contributed by atoms with E-state index in [1.165, 1.54) is 43.2 Å². The van der Waals surface area contributed by atoms with Crippen LogP contribution in [0.1, 0.15) is 60.4 Å². The molecule has 2 aliphatic rings. The summed E-state index contributed by atoms with van der Waals surface area (Å²) in [5, 5.41) is 12.5. The summed E-state index contributed by atoms with van der Waals surface area (Å²) < 4.78 is 0. The monoisotopic (exact) mass is 397 g/mol. The van der Waals surface area contributed by atoms with Crippen LogP contribution in [0.3, 0.4) is 0 Å². The Hall–Kier alpha value is -2.42. The lowest BCUT2D eigenvalue weighted by Gasteiger charge is -2.32. The lowest BCUT2D eigenvalue weighted by molar-refractivity contribution is 0.0562. The van der Waals surface area contributed by atoms with E-state index < -0.39 is 5.60 Å². The van der Waals surface area contributed by atoms with Crippen LogP contribution in [0, 0.1) is 6.92 Å². The zero-order valence-corrected chi connectivity index (χ0v) is 17.7. The molecule has 30 heavy (non-hydrogen) atoms. The fourth-order valence-corrected chi connectivity index (χ4v) is 5.54. The molecule has 4 unspecified atom stereocenters. The van der Waals surface area contributed by atoms with Gasteiger partial charge < -0.3 is 5.11 Å². The molecule has 3 aromatic carbocycles. The van der Waals surface area contributed by atoms with Gasteiger partial charge in [0, 0.05) is 6.04 Å². The molecule has 0 bridgehead atoms. The molecule has 5 rings (SSSR count). The molecule has 0 aromatic heterocycles. The normalized spacial score (nSPS) is 26.1. The number of nitrogens with zero attached hydrogens (tertiary/aromatic N) is 1. The van der Waals surface area contributed by atoms with Gasteiger partial charge in [-0.25, -0.2) is 0 Å². The van der Waals surface area contributed by atoms with Crippen LogP contribution in [0.2, 0.25) is 0 Å². The Morgan fingerprint density at radius 1 is 0.733 bits per heavy atom. The second-order valence-electron chi connectivity index (χ2n) is 9.04. The van der Waals surface area contributed by atoms with Gasteiger partial charge in [0.2, 0.25) is 0 Å². The smallest absolute Gasteiger partial charge is 0.132 e. The van der Waals surface area contributed by atoms with Gasteiger partial charge in [-0.2, -0.15) is 0 Å². The van der Waals surface area contributed by atoms with E-state index in [2.05, 4.69) is 78.6 Å². The molecule has 3 aromatic rings. The zero-order valence-electron chi connectivity index (χ0n) is 17.7. The molecule has 1 heterocycles. The van der Waals surface area contributed by atoms with Gasteiger partial charge in [0.15, 0.2) is 0 Å². The summed E-state index contributed by atoms with van der Waals surface area (Å²) in [6.45, 7) is 2.10. The van der Waals surface area contributed by atoms with Crippen molar-refractivity contribution in [1.82, 2.24) is 4.90 Å². The fraction of sp³-hybridized carbons (Fsp3) is 0.357. The molecule has 154 valence electrons. The van der Waals surface area contributed by atoms with Crippen LogP contribution < -0.4 is 0 Å². The summed E-state index contributed by atoms with van der Waals surface area (Å²) in [6, 6.07) is 30.4. The quantitative estimate of drug-likeness (QED) is 0.535. The van der Waals surface area contributed by atoms with Crippen molar-refractivity contribution in [3.8, 4) is 0 Å². The van der Waals surface area contributed by atoms with E-state index in [9.17, 15) is 5.11 Å². The maximum atomic E-state index is 12.5. The molecular formula is C28H31NO. The van der Waals surface area contributed by atoms with Crippen LogP contribution >= 0.6 is 0 Å². The predicted octanol–water partition coefficient (Wildman–Crippen LogP) is 5.99. The van der Waals surface area contributed by atoms with Crippen LogP contribution in [0.4, 0.5) is 0 Å². The summed E-state index contributed by atoms with van der Waals surface area (Å²) in [7, 11) is 0. The number of aryl methyl sites for hydroxylation is 1. The molecule has 0 amide bonds. The first-order valence-corrected chi connectivity index (χ1v) is 11.4. The van der Waals surface area contributed by atoms with E-state index >= 15 is 0 Å². The van der Waals surface area contributed by atoms with E-state index in [0.29, 0.717) is 6.04 Å². The largest absolute Gasteiger partial charge is 0.379 e. The maximum Gasteiger partial charge on any atom is 0.132 e. The second kappa shape index (κ2) is 8.02. The van der Waals surface area contributed by atoms with Crippen molar-refractivity contribution >= 4 is 0 Å². The minimum atomic E-state index is -1.03. The summed E-state index contributed by atoms with van der Waals surface area (Å²) in [5.74, 6) is 0. The van der Waals surface area contributed by atoms with Crippen LogP contribution in [0.15, 0.2) is 84.9 Å². The second-order valence-corrected chi connectivity index (χ2v) is 9.04. The third-order valence-electron chi connectivity index (χ3n) is 7.12. The Morgan fingerprint density at radius 3 is 1.93 bits per heavy atom. The lowest BCUT2D eigenvalue weighted by Crippen LogP contribution is -2.38. The molecule has 2 nitrogen and oxygen atoms in total. The first-order chi connectivity index (χ1) is 14.7. The van der Waals surface area contributed by atoms with Crippen LogP contribution in [-0.2, 0) is 5.60 Å². The molecule has 2 fully saturated rings. The number of hydrogen-bond acceptors (Lipinski definition) is 2. The maximum absolute atomic E-state index is 12.5. The van der Waals surface area contributed by atoms with E-state index in [0.717, 1.165) is 11.1 Å². The van der Waals surface area contributed by atoms with Crippen LogP contribution in [-0.4, -0.2) is 22.1 Å². The molecule has 1 saturated carbocycles. The zero-order chi connectivity index (χ0) is 20.6. The van der Waals surface area contributed by atoms with Crippen molar-refractivity contribution < 1.29 is 5.11 Å². The van der Waals surface area contributed by atoms with Gasteiger partial charge in [-0.1, -0.05) is 110 Å². The SMILES string of the molecule is Cc1ccc(C(O)(c2ccccc2)C2C(c3ccccc3)N2C2CCCCC2)cc1. The highest BCUT2D eigenvalue weighted by atomic mass is 16.3. The Labute approximate surface area is 180 Å². The summed E-state index contributed by atoms with van der Waals surface area (Å²) in [6.07, 6.45) is 6.40. The van der Waals surface area contributed by atoms with Gasteiger partial charge in [0.05, 0.1) is 12.1 Å². The number of hydrogen-bond donors (Lipinski definition) is 1. The molecule has 1 aliphatic heterocycles. The summed E-state index contributed by atoms with van der Waals surface area (Å²) >= 11 is 0. The van der Waals surface area contributed by atoms with Crippen molar-refractivity contribution in [2.24, 2.45) is 0 Å². The third kappa shape index (κ3) is 3.38. The first-order valence-electron chi connectivity index (χ1n) is 11.4. The number of rotatable bonds is 5. The van der Waals surface area contributed by atoms with Gasteiger partial charge >= 0.3 is 0 Å². The standard InChI is InChI=1S/C28H31NO/c1-21-17-19-24(20-18-21)28(30,23-13-7-3-8-14-23)27-26(22-11-5-2-6-12-22)29(27)25-15-9-4-10-16-25/h2-3,5-8,11-14,17-20,25-27,30H,4,9-10,15-16H2,1H3. The fourth-order valence-electron chi connectivity index (χ4n) is 5.54. The Kier molecular flexibility index (Phi) is 5.22. The predicted molar refractivity (Wildman–Crippen MR) is 122 cm³/mol. The van der Waals surface area contributed by atoms with Crippen LogP contribution in [0.25, 0.3) is 0 Å². The number of aliphatic hydroxyl groups is 1. The van der Waals surface area contributed by atoms with Gasteiger partial charge in [0.1, 0.15) is 5.60 Å². The highest BCUT2D eigenvalue weighted by molar-refractivity contribution is 5.45. The van der Waals surface area contributed by atoms with Crippen molar-refractivity contribution in [2.45, 2.75) is 62.8 Å². The van der Waals surface area contributed by atoms with Gasteiger partial charge in [0.25, 0.3) is 0 Å². The topological polar surface area (TPSA) is 23.2 Å². The van der Waals surface area contributed by atoms with Crippen molar-refractivity contribution in [2.75, 3.05) is 0 Å². The molecule has 1 N–H and O–H groups in total. The average molecular weight is 398 g/mol. The van der Waals surface area contributed by atoms with E-state index in [1.54, 1.807) is 0 Å². The van der Waals surface area contributed by atoms with Crippen molar-refractivity contribution in [3.05, 3.63) is 107 Å². The Balaban J connectivity index is 1.62. The lowest BCUT2D eigenvalue weighted by atomic mass is 9.81. The highest BCUT2D eigenvalue weighted by Gasteiger charge is 2.62. The average Bonchev–Trinajstić information content (AvgIpc) is 3.57. The van der Waals surface area contributed by atoms with Gasteiger partial charge in [-0.15, -0.1) is 0 Å².